The molecule has 0 aliphatic rings. The van der Waals surface area contributed by atoms with E-state index in [9.17, 15) is 0 Å². The third kappa shape index (κ3) is 5.27. The van der Waals surface area contributed by atoms with Crippen LogP contribution in [0.15, 0.2) is 29.0 Å². The average molecular weight is 288 g/mol. The quantitative estimate of drug-likeness (QED) is 0.767. The Morgan fingerprint density at radius 1 is 1.19 bits per heavy atom. The standard InChI is InChI=1S/C16H24N4O/c1-2-3-13(6-9-17)4-5-16-19-15(20-21-16)12-14-7-10-18-11-8-14/h7-8,10-11,13H,2-6,9,12,17H2,1H3. The number of pyridine rings is 1. The highest BCUT2D eigenvalue weighted by Gasteiger charge is 2.11. The second kappa shape index (κ2) is 8.52. The molecule has 5 nitrogen and oxygen atoms in total. The Morgan fingerprint density at radius 3 is 2.71 bits per heavy atom. The monoisotopic (exact) mass is 288 g/mol. The number of rotatable bonds is 9. The summed E-state index contributed by atoms with van der Waals surface area (Å²) in [6.45, 7) is 2.96. The second-order valence-corrected chi connectivity index (χ2v) is 5.41. The Kier molecular flexibility index (Phi) is 6.34. The topological polar surface area (TPSA) is 77.8 Å². The summed E-state index contributed by atoms with van der Waals surface area (Å²) in [4.78, 5) is 8.47. The van der Waals surface area contributed by atoms with Crippen LogP contribution in [0.5, 0.6) is 0 Å². The lowest BCUT2D eigenvalue weighted by molar-refractivity contribution is 0.347. The molecule has 0 spiro atoms. The molecule has 0 amide bonds. The molecular weight excluding hydrogens is 264 g/mol. The first-order valence-electron chi connectivity index (χ1n) is 7.72. The van der Waals surface area contributed by atoms with E-state index in [1.54, 1.807) is 12.4 Å². The summed E-state index contributed by atoms with van der Waals surface area (Å²) in [6.07, 6.45) is 9.64. The maximum absolute atomic E-state index is 5.66. The van der Waals surface area contributed by atoms with Gasteiger partial charge in [0, 0.05) is 25.2 Å². The van der Waals surface area contributed by atoms with Gasteiger partial charge in [0.05, 0.1) is 0 Å². The molecule has 0 aliphatic carbocycles. The van der Waals surface area contributed by atoms with Gasteiger partial charge in [-0.2, -0.15) is 4.98 Å². The predicted molar refractivity (Wildman–Crippen MR) is 81.7 cm³/mol. The van der Waals surface area contributed by atoms with Gasteiger partial charge < -0.3 is 10.3 Å². The molecular formula is C16H24N4O. The minimum absolute atomic E-state index is 0.663. The van der Waals surface area contributed by atoms with Crippen molar-refractivity contribution in [2.45, 2.75) is 45.4 Å². The summed E-state index contributed by atoms with van der Waals surface area (Å²) >= 11 is 0. The zero-order valence-electron chi connectivity index (χ0n) is 12.7. The first-order valence-corrected chi connectivity index (χ1v) is 7.72. The third-order valence-corrected chi connectivity index (χ3v) is 3.66. The number of hydrogen-bond acceptors (Lipinski definition) is 5. The maximum atomic E-state index is 5.66. The summed E-state index contributed by atoms with van der Waals surface area (Å²) in [7, 11) is 0. The van der Waals surface area contributed by atoms with Crippen LogP contribution in [0.1, 0.15) is 49.9 Å². The molecule has 1 unspecified atom stereocenters. The highest BCUT2D eigenvalue weighted by molar-refractivity contribution is 5.14. The molecule has 0 saturated heterocycles. The second-order valence-electron chi connectivity index (χ2n) is 5.41. The molecule has 0 saturated carbocycles. The van der Waals surface area contributed by atoms with Gasteiger partial charge in [-0.1, -0.05) is 24.9 Å². The zero-order chi connectivity index (χ0) is 14.9. The largest absolute Gasteiger partial charge is 0.339 e. The van der Waals surface area contributed by atoms with E-state index in [-0.39, 0.29) is 0 Å². The van der Waals surface area contributed by atoms with Crippen molar-refractivity contribution in [2.24, 2.45) is 11.7 Å². The molecule has 2 N–H and O–H groups in total. The van der Waals surface area contributed by atoms with E-state index in [1.807, 2.05) is 12.1 Å². The van der Waals surface area contributed by atoms with Crippen molar-refractivity contribution in [3.63, 3.8) is 0 Å². The SMILES string of the molecule is CCCC(CCN)CCc1nc(Cc2ccncc2)no1. The van der Waals surface area contributed by atoms with E-state index in [0.29, 0.717) is 12.3 Å². The van der Waals surface area contributed by atoms with Gasteiger partial charge in [0.25, 0.3) is 0 Å². The van der Waals surface area contributed by atoms with Crippen LogP contribution in [0.4, 0.5) is 0 Å². The van der Waals surface area contributed by atoms with Gasteiger partial charge >= 0.3 is 0 Å². The number of hydrogen-bond donors (Lipinski definition) is 1. The van der Waals surface area contributed by atoms with Gasteiger partial charge in [-0.25, -0.2) is 0 Å². The maximum Gasteiger partial charge on any atom is 0.226 e. The van der Waals surface area contributed by atoms with Crippen molar-refractivity contribution in [1.29, 1.82) is 0 Å². The molecule has 0 aromatic carbocycles. The molecule has 21 heavy (non-hydrogen) atoms. The number of nitrogens with zero attached hydrogens (tertiary/aromatic N) is 3. The fourth-order valence-corrected chi connectivity index (χ4v) is 2.55. The van der Waals surface area contributed by atoms with Gasteiger partial charge in [0.15, 0.2) is 5.82 Å². The minimum Gasteiger partial charge on any atom is -0.339 e. The van der Waals surface area contributed by atoms with Crippen molar-refractivity contribution in [3.8, 4) is 0 Å². The van der Waals surface area contributed by atoms with Crippen LogP contribution in [0.3, 0.4) is 0 Å². The van der Waals surface area contributed by atoms with E-state index >= 15 is 0 Å². The molecule has 0 bridgehead atoms. The van der Waals surface area contributed by atoms with E-state index in [0.717, 1.165) is 43.1 Å². The van der Waals surface area contributed by atoms with Gasteiger partial charge in [-0.3, -0.25) is 4.98 Å². The van der Waals surface area contributed by atoms with Crippen molar-refractivity contribution >= 4 is 0 Å². The average Bonchev–Trinajstić information content (AvgIpc) is 2.94. The van der Waals surface area contributed by atoms with Crippen LogP contribution >= 0.6 is 0 Å². The minimum atomic E-state index is 0.663. The van der Waals surface area contributed by atoms with Crippen LogP contribution in [-0.4, -0.2) is 21.7 Å². The molecule has 2 rings (SSSR count). The van der Waals surface area contributed by atoms with Crippen LogP contribution in [-0.2, 0) is 12.8 Å². The fourth-order valence-electron chi connectivity index (χ4n) is 2.55. The summed E-state index contributed by atoms with van der Waals surface area (Å²) < 4.78 is 5.34. The molecule has 2 aromatic heterocycles. The normalized spacial score (nSPS) is 12.5. The van der Waals surface area contributed by atoms with E-state index in [1.165, 1.54) is 12.8 Å². The predicted octanol–water partition coefficient (Wildman–Crippen LogP) is 2.75. The van der Waals surface area contributed by atoms with Gasteiger partial charge in [0.1, 0.15) is 0 Å². The van der Waals surface area contributed by atoms with Crippen molar-refractivity contribution < 1.29 is 4.52 Å². The Labute approximate surface area is 126 Å². The summed E-state index contributed by atoms with van der Waals surface area (Å²) in [5.41, 5.74) is 6.81. The number of aryl methyl sites for hydroxylation is 1. The Balaban J connectivity index is 1.85. The smallest absolute Gasteiger partial charge is 0.226 e. The van der Waals surface area contributed by atoms with Gasteiger partial charge in [-0.15, -0.1) is 0 Å². The molecule has 2 heterocycles. The Bertz CT molecular complexity index is 506. The summed E-state index contributed by atoms with van der Waals surface area (Å²) in [6, 6.07) is 3.93. The van der Waals surface area contributed by atoms with Crippen molar-refractivity contribution in [1.82, 2.24) is 15.1 Å². The molecule has 5 heteroatoms. The summed E-state index contributed by atoms with van der Waals surface area (Å²) in [5.74, 6) is 2.13. The van der Waals surface area contributed by atoms with E-state index in [4.69, 9.17) is 10.3 Å². The first kappa shape index (κ1) is 15.6. The van der Waals surface area contributed by atoms with E-state index < -0.39 is 0 Å². The van der Waals surface area contributed by atoms with Crippen LogP contribution in [0, 0.1) is 5.92 Å². The highest BCUT2D eigenvalue weighted by atomic mass is 16.5. The Morgan fingerprint density at radius 2 is 2.00 bits per heavy atom. The third-order valence-electron chi connectivity index (χ3n) is 3.66. The number of nitrogens with two attached hydrogens (primary N) is 1. The lowest BCUT2D eigenvalue weighted by Crippen LogP contribution is -2.09. The zero-order valence-corrected chi connectivity index (χ0v) is 12.7. The summed E-state index contributed by atoms with van der Waals surface area (Å²) in [5, 5.41) is 4.05. The van der Waals surface area contributed by atoms with Crippen molar-refractivity contribution in [3.05, 3.63) is 41.8 Å². The van der Waals surface area contributed by atoms with Gasteiger partial charge in [0.2, 0.25) is 5.89 Å². The van der Waals surface area contributed by atoms with Crippen LogP contribution in [0.2, 0.25) is 0 Å². The lowest BCUT2D eigenvalue weighted by atomic mass is 9.94. The molecule has 0 fully saturated rings. The lowest BCUT2D eigenvalue weighted by Gasteiger charge is -2.13. The fraction of sp³-hybridized carbons (Fsp3) is 0.562. The Hall–Kier alpha value is -1.75. The molecule has 1 atom stereocenters. The van der Waals surface area contributed by atoms with Crippen LogP contribution in [0.25, 0.3) is 0 Å². The highest BCUT2D eigenvalue weighted by Crippen LogP contribution is 2.17. The van der Waals surface area contributed by atoms with E-state index in [2.05, 4.69) is 22.0 Å². The molecule has 0 radical (unpaired) electrons. The molecule has 2 aromatic rings. The molecule has 0 aliphatic heterocycles. The first-order chi connectivity index (χ1) is 10.3. The number of aromatic nitrogens is 3. The van der Waals surface area contributed by atoms with Crippen LogP contribution < -0.4 is 5.73 Å². The molecule has 114 valence electrons. The van der Waals surface area contributed by atoms with Crippen molar-refractivity contribution in [2.75, 3.05) is 6.54 Å². The van der Waals surface area contributed by atoms with Gasteiger partial charge in [-0.05, 0) is 43.0 Å².